The van der Waals surface area contributed by atoms with E-state index in [2.05, 4.69) is 9.47 Å². The molecular formula is C21H18ClF3N2. The van der Waals surface area contributed by atoms with Gasteiger partial charge in [0.15, 0.2) is 11.6 Å². The number of nitrogens with zero attached hydrogens (tertiary/aromatic N) is 2. The van der Waals surface area contributed by atoms with Gasteiger partial charge in [0, 0.05) is 37.1 Å². The Morgan fingerprint density at radius 1 is 0.963 bits per heavy atom. The van der Waals surface area contributed by atoms with Gasteiger partial charge in [0.2, 0.25) is 0 Å². The van der Waals surface area contributed by atoms with Gasteiger partial charge in [-0.25, -0.2) is 13.2 Å². The molecule has 1 aliphatic heterocycles. The third kappa shape index (κ3) is 3.49. The summed E-state index contributed by atoms with van der Waals surface area (Å²) < 4.78 is 44.2. The minimum absolute atomic E-state index is 0.0548. The standard InChI is InChI=1S/C21H18ClF3N2/c22-16-12-14(7-8-17(16)23)13-27-11-3-10-26-9-2-6-19(26)21(27)15-4-1-5-18(24)20(15)25/h1-2,4-9,12,21H,3,10-11,13H2. The van der Waals surface area contributed by atoms with Crippen molar-refractivity contribution in [3.63, 3.8) is 0 Å². The molecule has 0 fully saturated rings. The summed E-state index contributed by atoms with van der Waals surface area (Å²) in [5.41, 5.74) is 2.03. The maximum absolute atomic E-state index is 14.7. The molecule has 1 unspecified atom stereocenters. The lowest BCUT2D eigenvalue weighted by Gasteiger charge is -2.31. The second-order valence-electron chi connectivity index (χ2n) is 6.74. The number of aromatic nitrogens is 1. The van der Waals surface area contributed by atoms with Crippen LogP contribution in [0.3, 0.4) is 0 Å². The molecule has 0 N–H and O–H groups in total. The fourth-order valence-corrected chi connectivity index (χ4v) is 3.97. The smallest absolute Gasteiger partial charge is 0.163 e. The number of halogens is 4. The summed E-state index contributed by atoms with van der Waals surface area (Å²) in [6.45, 7) is 1.94. The van der Waals surface area contributed by atoms with E-state index in [1.165, 1.54) is 12.1 Å². The van der Waals surface area contributed by atoms with Crippen LogP contribution in [0.2, 0.25) is 5.02 Å². The van der Waals surface area contributed by atoms with Gasteiger partial charge in [0.1, 0.15) is 5.82 Å². The van der Waals surface area contributed by atoms with E-state index in [-0.39, 0.29) is 5.02 Å². The minimum Gasteiger partial charge on any atom is -0.350 e. The molecule has 0 saturated heterocycles. The highest BCUT2D eigenvalue weighted by molar-refractivity contribution is 6.30. The van der Waals surface area contributed by atoms with Gasteiger partial charge >= 0.3 is 0 Å². The molecule has 2 nitrogen and oxygen atoms in total. The van der Waals surface area contributed by atoms with E-state index in [1.54, 1.807) is 18.2 Å². The number of fused-ring (bicyclic) bond motifs is 1. The summed E-state index contributed by atoms with van der Waals surface area (Å²) in [7, 11) is 0. The van der Waals surface area contributed by atoms with Crippen molar-refractivity contribution in [3.05, 3.63) is 94.0 Å². The van der Waals surface area contributed by atoms with E-state index in [0.29, 0.717) is 18.7 Å². The summed E-state index contributed by atoms with van der Waals surface area (Å²) >= 11 is 5.92. The van der Waals surface area contributed by atoms with Crippen molar-refractivity contribution >= 4 is 11.6 Å². The van der Waals surface area contributed by atoms with E-state index in [4.69, 9.17) is 11.6 Å². The van der Waals surface area contributed by atoms with Crippen LogP contribution >= 0.6 is 11.6 Å². The Hall–Kier alpha value is -2.24. The van der Waals surface area contributed by atoms with E-state index < -0.39 is 23.5 Å². The van der Waals surface area contributed by atoms with Gasteiger partial charge in [0.25, 0.3) is 0 Å². The van der Waals surface area contributed by atoms with Crippen LogP contribution in [0.4, 0.5) is 13.2 Å². The van der Waals surface area contributed by atoms with Crippen LogP contribution in [0.1, 0.15) is 29.3 Å². The Balaban J connectivity index is 1.78. The van der Waals surface area contributed by atoms with Crippen molar-refractivity contribution < 1.29 is 13.2 Å². The van der Waals surface area contributed by atoms with Crippen LogP contribution in [-0.4, -0.2) is 16.0 Å². The third-order valence-electron chi connectivity index (χ3n) is 5.00. The van der Waals surface area contributed by atoms with Crippen LogP contribution in [0.25, 0.3) is 0 Å². The van der Waals surface area contributed by atoms with Crippen molar-refractivity contribution in [2.45, 2.75) is 25.6 Å². The lowest BCUT2D eigenvalue weighted by molar-refractivity contribution is 0.215. The normalized spacial score (nSPS) is 17.6. The van der Waals surface area contributed by atoms with Gasteiger partial charge in [-0.2, -0.15) is 0 Å². The molecule has 4 rings (SSSR count). The molecule has 2 aromatic carbocycles. The second kappa shape index (κ2) is 7.41. The zero-order valence-corrected chi connectivity index (χ0v) is 15.3. The quantitative estimate of drug-likeness (QED) is 0.569. The molecule has 0 radical (unpaired) electrons. The van der Waals surface area contributed by atoms with Gasteiger partial charge in [0.05, 0.1) is 11.1 Å². The van der Waals surface area contributed by atoms with Crippen LogP contribution < -0.4 is 0 Å². The first-order valence-electron chi connectivity index (χ1n) is 8.81. The van der Waals surface area contributed by atoms with Crippen molar-refractivity contribution in [3.8, 4) is 0 Å². The van der Waals surface area contributed by atoms with Gasteiger partial charge < -0.3 is 4.57 Å². The Bertz CT molecular complexity index is 970. The zero-order chi connectivity index (χ0) is 19.0. The predicted molar refractivity (Wildman–Crippen MR) is 99.1 cm³/mol. The summed E-state index contributed by atoms with van der Waals surface area (Å²) in [5.74, 6) is -2.17. The molecule has 1 atom stereocenters. The molecule has 1 aliphatic rings. The highest BCUT2D eigenvalue weighted by Crippen LogP contribution is 2.35. The number of aryl methyl sites for hydroxylation is 1. The number of benzene rings is 2. The molecule has 0 spiro atoms. The first-order valence-corrected chi connectivity index (χ1v) is 9.19. The minimum atomic E-state index is -0.861. The van der Waals surface area contributed by atoms with Gasteiger partial charge in [-0.05, 0) is 42.3 Å². The van der Waals surface area contributed by atoms with Crippen molar-refractivity contribution in [2.75, 3.05) is 6.54 Å². The number of rotatable bonds is 3. The highest BCUT2D eigenvalue weighted by Gasteiger charge is 2.30. The molecule has 0 saturated carbocycles. The van der Waals surface area contributed by atoms with E-state index in [9.17, 15) is 13.2 Å². The highest BCUT2D eigenvalue weighted by atomic mass is 35.5. The molecule has 0 bridgehead atoms. The molecular weight excluding hydrogens is 373 g/mol. The zero-order valence-electron chi connectivity index (χ0n) is 14.5. The van der Waals surface area contributed by atoms with Crippen molar-refractivity contribution in [2.24, 2.45) is 0 Å². The van der Waals surface area contributed by atoms with Crippen LogP contribution in [0.5, 0.6) is 0 Å². The maximum atomic E-state index is 14.7. The Kier molecular flexibility index (Phi) is 4.98. The first kappa shape index (κ1) is 18.1. The molecule has 27 heavy (non-hydrogen) atoms. The Morgan fingerprint density at radius 3 is 2.63 bits per heavy atom. The Morgan fingerprint density at radius 2 is 1.81 bits per heavy atom. The van der Waals surface area contributed by atoms with E-state index in [0.717, 1.165) is 30.3 Å². The predicted octanol–water partition coefficient (Wildman–Crippen LogP) is 5.55. The molecule has 1 aromatic heterocycles. The van der Waals surface area contributed by atoms with Crippen molar-refractivity contribution in [1.29, 1.82) is 0 Å². The second-order valence-corrected chi connectivity index (χ2v) is 7.15. The first-order chi connectivity index (χ1) is 13.0. The van der Waals surface area contributed by atoms with E-state index >= 15 is 0 Å². The topological polar surface area (TPSA) is 8.17 Å². The van der Waals surface area contributed by atoms with Crippen LogP contribution in [-0.2, 0) is 13.1 Å². The molecule has 0 amide bonds. The summed E-state index contributed by atoms with van der Waals surface area (Å²) in [5, 5.41) is 0.0548. The molecule has 3 aromatic rings. The molecule has 2 heterocycles. The summed E-state index contributed by atoms with van der Waals surface area (Å²) in [4.78, 5) is 2.08. The van der Waals surface area contributed by atoms with Gasteiger partial charge in [-0.1, -0.05) is 29.8 Å². The third-order valence-corrected chi connectivity index (χ3v) is 5.29. The fraction of sp³-hybridized carbons (Fsp3) is 0.238. The van der Waals surface area contributed by atoms with Crippen LogP contribution in [0.15, 0.2) is 54.7 Å². The van der Waals surface area contributed by atoms with Gasteiger partial charge in [-0.3, -0.25) is 4.90 Å². The van der Waals surface area contributed by atoms with Crippen LogP contribution in [0, 0.1) is 17.5 Å². The maximum Gasteiger partial charge on any atom is 0.163 e. The molecule has 6 heteroatoms. The Labute approximate surface area is 160 Å². The van der Waals surface area contributed by atoms with E-state index in [1.807, 2.05) is 18.3 Å². The number of hydrogen-bond acceptors (Lipinski definition) is 1. The SMILES string of the molecule is Fc1ccc(CN2CCCn3cccc3C2c2cccc(F)c2F)cc1Cl. The molecule has 140 valence electrons. The van der Waals surface area contributed by atoms with Crippen molar-refractivity contribution in [1.82, 2.24) is 9.47 Å². The summed E-state index contributed by atoms with van der Waals surface area (Å²) in [6, 6.07) is 12.3. The van der Waals surface area contributed by atoms with Gasteiger partial charge in [-0.15, -0.1) is 0 Å². The average molecular weight is 391 g/mol. The largest absolute Gasteiger partial charge is 0.350 e. The lowest BCUT2D eigenvalue weighted by Crippen LogP contribution is -2.30. The summed E-state index contributed by atoms with van der Waals surface area (Å²) in [6.07, 6.45) is 2.82. The monoisotopic (exact) mass is 390 g/mol. The fourth-order valence-electron chi connectivity index (χ4n) is 3.77. The number of hydrogen-bond donors (Lipinski definition) is 0. The lowest BCUT2D eigenvalue weighted by atomic mass is 10.00. The molecule has 0 aliphatic carbocycles. The average Bonchev–Trinajstić information content (AvgIpc) is 3.03.